The van der Waals surface area contributed by atoms with E-state index in [9.17, 15) is 0 Å². The second-order valence-corrected chi connectivity index (χ2v) is 1.93. The molecule has 0 aromatic heterocycles. The summed E-state index contributed by atoms with van der Waals surface area (Å²) in [5.74, 6) is 2.48. The van der Waals surface area contributed by atoms with Gasteiger partial charge < -0.3 is 5.11 Å². The van der Waals surface area contributed by atoms with Gasteiger partial charge in [0.25, 0.3) is 0 Å². The van der Waals surface area contributed by atoms with Crippen molar-refractivity contribution in [2.45, 2.75) is 26.4 Å². The third-order valence-corrected chi connectivity index (χ3v) is 1.01. The summed E-state index contributed by atoms with van der Waals surface area (Å²) >= 11 is 0. The lowest BCUT2D eigenvalue weighted by Crippen LogP contribution is -1.94. The van der Waals surface area contributed by atoms with Crippen LogP contribution in [0.4, 0.5) is 0 Å². The van der Waals surface area contributed by atoms with Crippen molar-refractivity contribution >= 4 is 0 Å². The average molecular weight is 124 g/mol. The lowest BCUT2D eigenvalue weighted by molar-refractivity contribution is 0.243. The van der Waals surface area contributed by atoms with Gasteiger partial charge in [-0.3, -0.25) is 0 Å². The fourth-order valence-corrected chi connectivity index (χ4v) is 0.559. The number of aliphatic hydroxyl groups excluding tert-OH is 1. The van der Waals surface area contributed by atoms with E-state index in [1.165, 1.54) is 0 Å². The average Bonchev–Trinajstić information content (AvgIpc) is 1.82. The maximum absolute atomic E-state index is 8.81. The summed E-state index contributed by atoms with van der Waals surface area (Å²) in [5.41, 5.74) is 0.866. The van der Waals surface area contributed by atoms with Crippen molar-refractivity contribution in [1.29, 1.82) is 0 Å². The van der Waals surface area contributed by atoms with E-state index in [-0.39, 0.29) is 0 Å². The lowest BCUT2D eigenvalue weighted by atomic mass is 10.2. The van der Waals surface area contributed by atoms with Crippen molar-refractivity contribution in [3.63, 3.8) is 0 Å². The third kappa shape index (κ3) is 3.81. The molecule has 1 N–H and O–H groups in total. The number of hydrogen-bond donors (Lipinski definition) is 1. The van der Waals surface area contributed by atoms with Crippen LogP contribution in [0.15, 0.2) is 11.6 Å². The molecule has 1 unspecified atom stereocenters. The Hall–Kier alpha value is -0.740. The molecule has 0 bridgehead atoms. The molecule has 9 heavy (non-hydrogen) atoms. The van der Waals surface area contributed by atoms with Gasteiger partial charge in [-0.2, -0.15) is 0 Å². The molecule has 0 saturated heterocycles. The summed E-state index contributed by atoms with van der Waals surface area (Å²) in [4.78, 5) is 0. The SMILES string of the molecule is C#C/C(=C\C(C)O)CC. The van der Waals surface area contributed by atoms with E-state index < -0.39 is 6.10 Å². The Morgan fingerprint density at radius 1 is 1.89 bits per heavy atom. The summed E-state index contributed by atoms with van der Waals surface area (Å²) in [6.07, 6.45) is 7.18. The summed E-state index contributed by atoms with van der Waals surface area (Å²) in [5, 5.41) is 8.81. The Morgan fingerprint density at radius 3 is 2.56 bits per heavy atom. The molecule has 50 valence electrons. The molecule has 0 fully saturated rings. The molecule has 0 radical (unpaired) electrons. The second kappa shape index (κ2) is 4.17. The van der Waals surface area contributed by atoms with E-state index in [0.717, 1.165) is 12.0 Å². The number of terminal acetylenes is 1. The molecular formula is C8H12O. The van der Waals surface area contributed by atoms with Crippen LogP contribution in [0.1, 0.15) is 20.3 Å². The van der Waals surface area contributed by atoms with Gasteiger partial charge in [-0.15, -0.1) is 6.42 Å². The Bertz CT molecular complexity index is 137. The lowest BCUT2D eigenvalue weighted by Gasteiger charge is -1.96. The van der Waals surface area contributed by atoms with Crippen LogP contribution in [0.3, 0.4) is 0 Å². The molecule has 0 aliphatic carbocycles. The largest absolute Gasteiger partial charge is 0.389 e. The zero-order valence-corrected chi connectivity index (χ0v) is 5.89. The van der Waals surface area contributed by atoms with Gasteiger partial charge in [-0.25, -0.2) is 0 Å². The van der Waals surface area contributed by atoms with Crippen LogP contribution >= 0.6 is 0 Å². The van der Waals surface area contributed by atoms with Crippen LogP contribution in [0, 0.1) is 12.3 Å². The number of rotatable bonds is 2. The van der Waals surface area contributed by atoms with Gasteiger partial charge in [0.1, 0.15) is 0 Å². The molecule has 0 aromatic rings. The van der Waals surface area contributed by atoms with Crippen LogP contribution in [0.2, 0.25) is 0 Å². The van der Waals surface area contributed by atoms with E-state index in [2.05, 4.69) is 5.92 Å². The smallest absolute Gasteiger partial charge is 0.0704 e. The quantitative estimate of drug-likeness (QED) is 0.551. The van der Waals surface area contributed by atoms with Crippen molar-refractivity contribution < 1.29 is 5.11 Å². The number of hydrogen-bond acceptors (Lipinski definition) is 1. The minimum absolute atomic E-state index is 0.420. The van der Waals surface area contributed by atoms with Crippen LogP contribution in [0.25, 0.3) is 0 Å². The second-order valence-electron chi connectivity index (χ2n) is 1.93. The fourth-order valence-electron chi connectivity index (χ4n) is 0.559. The third-order valence-electron chi connectivity index (χ3n) is 1.01. The highest BCUT2D eigenvalue weighted by molar-refractivity contribution is 5.25. The van der Waals surface area contributed by atoms with Crippen LogP contribution in [0.5, 0.6) is 0 Å². The number of allylic oxidation sites excluding steroid dienone is 1. The summed E-state index contributed by atoms with van der Waals surface area (Å²) in [6, 6.07) is 0. The predicted octanol–water partition coefficient (Wildman–Crippen LogP) is 1.34. The van der Waals surface area contributed by atoms with E-state index in [4.69, 9.17) is 11.5 Å². The molecule has 0 saturated carbocycles. The summed E-state index contributed by atoms with van der Waals surface area (Å²) in [7, 11) is 0. The van der Waals surface area contributed by atoms with Crippen molar-refractivity contribution in [2.75, 3.05) is 0 Å². The monoisotopic (exact) mass is 124 g/mol. The molecule has 1 atom stereocenters. The Morgan fingerprint density at radius 2 is 2.44 bits per heavy atom. The Kier molecular flexibility index (Phi) is 3.83. The topological polar surface area (TPSA) is 20.2 Å². The van der Waals surface area contributed by atoms with Crippen LogP contribution in [-0.2, 0) is 0 Å². The highest BCUT2D eigenvalue weighted by atomic mass is 16.3. The molecule has 1 heteroatoms. The first-order valence-electron chi connectivity index (χ1n) is 3.06. The zero-order chi connectivity index (χ0) is 7.28. The van der Waals surface area contributed by atoms with Crippen LogP contribution in [-0.4, -0.2) is 11.2 Å². The first-order valence-corrected chi connectivity index (χ1v) is 3.06. The highest BCUT2D eigenvalue weighted by Crippen LogP contribution is 1.99. The number of aliphatic hydroxyl groups is 1. The highest BCUT2D eigenvalue weighted by Gasteiger charge is 1.90. The molecule has 0 heterocycles. The van der Waals surface area contributed by atoms with Gasteiger partial charge in [-0.1, -0.05) is 12.8 Å². The van der Waals surface area contributed by atoms with Gasteiger partial charge >= 0.3 is 0 Å². The normalized spacial score (nSPS) is 14.7. The van der Waals surface area contributed by atoms with Gasteiger partial charge in [-0.05, 0) is 19.4 Å². The van der Waals surface area contributed by atoms with Crippen molar-refractivity contribution in [3.8, 4) is 12.3 Å². The first kappa shape index (κ1) is 8.26. The van der Waals surface area contributed by atoms with E-state index in [1.807, 2.05) is 6.92 Å². The van der Waals surface area contributed by atoms with Crippen LogP contribution < -0.4 is 0 Å². The van der Waals surface area contributed by atoms with Crippen molar-refractivity contribution in [1.82, 2.24) is 0 Å². The molecule has 0 aliphatic rings. The summed E-state index contributed by atoms with van der Waals surface area (Å²) in [6.45, 7) is 3.65. The maximum Gasteiger partial charge on any atom is 0.0704 e. The van der Waals surface area contributed by atoms with E-state index >= 15 is 0 Å². The zero-order valence-electron chi connectivity index (χ0n) is 5.89. The van der Waals surface area contributed by atoms with E-state index in [0.29, 0.717) is 0 Å². The molecule has 1 nitrogen and oxygen atoms in total. The Balaban J connectivity index is 3.96. The van der Waals surface area contributed by atoms with Crippen molar-refractivity contribution in [2.24, 2.45) is 0 Å². The van der Waals surface area contributed by atoms with Crippen molar-refractivity contribution in [3.05, 3.63) is 11.6 Å². The summed E-state index contributed by atoms with van der Waals surface area (Å²) < 4.78 is 0. The van der Waals surface area contributed by atoms with Gasteiger partial charge in [0.2, 0.25) is 0 Å². The van der Waals surface area contributed by atoms with E-state index in [1.54, 1.807) is 13.0 Å². The minimum Gasteiger partial charge on any atom is -0.389 e. The minimum atomic E-state index is -0.420. The predicted molar refractivity (Wildman–Crippen MR) is 38.9 cm³/mol. The first-order chi connectivity index (χ1) is 4.20. The molecule has 0 rings (SSSR count). The Labute approximate surface area is 56.4 Å². The molecule has 0 aliphatic heterocycles. The van der Waals surface area contributed by atoms with Gasteiger partial charge in [0.15, 0.2) is 0 Å². The maximum atomic E-state index is 8.81. The van der Waals surface area contributed by atoms with Gasteiger partial charge in [0, 0.05) is 5.57 Å². The molecule has 0 spiro atoms. The van der Waals surface area contributed by atoms with Gasteiger partial charge in [0.05, 0.1) is 6.10 Å². The standard InChI is InChI=1S/C8H12O/c1-4-8(5-2)6-7(3)9/h1,6-7,9H,5H2,2-3H3/b8-6+. The molecule has 0 amide bonds. The fraction of sp³-hybridized carbons (Fsp3) is 0.500. The molecule has 0 aromatic carbocycles. The molecular weight excluding hydrogens is 112 g/mol.